The van der Waals surface area contributed by atoms with Gasteiger partial charge in [-0.15, -0.1) is 0 Å². The van der Waals surface area contributed by atoms with Crippen molar-refractivity contribution >= 4 is 5.91 Å². The van der Waals surface area contributed by atoms with E-state index >= 15 is 0 Å². The van der Waals surface area contributed by atoms with Gasteiger partial charge in [-0.3, -0.25) is 4.79 Å². The first-order valence-corrected chi connectivity index (χ1v) is 11.3. The number of rotatable bonds is 5. The molecule has 4 rings (SSSR count). The number of hydrogen-bond donors (Lipinski definition) is 0. The Balaban J connectivity index is 1.41. The predicted octanol–water partition coefficient (Wildman–Crippen LogP) is 3.77. The van der Waals surface area contributed by atoms with Crippen LogP contribution in [-0.2, 0) is 0 Å². The molecule has 2 fully saturated rings. The Kier molecular flexibility index (Phi) is 6.42. The Bertz CT molecular complexity index is 870. The lowest BCUT2D eigenvalue weighted by atomic mass is 9.94. The first-order valence-electron chi connectivity index (χ1n) is 11.3. The second kappa shape index (κ2) is 9.21. The molecule has 2 aliphatic heterocycles. The lowest BCUT2D eigenvalue weighted by Crippen LogP contribution is -2.45. The number of carbonyl (C=O) groups is 1. The van der Waals surface area contributed by atoms with Gasteiger partial charge in [-0.2, -0.15) is 5.10 Å². The number of aromatic nitrogens is 2. The normalized spacial score (nSPS) is 21.0. The molecule has 2 aliphatic rings. The fourth-order valence-corrected chi connectivity index (χ4v) is 4.72. The molecule has 1 amide bonds. The Morgan fingerprint density at radius 2 is 1.97 bits per heavy atom. The molecule has 0 saturated carbocycles. The number of likely N-dealkylation sites (tertiary alicyclic amines) is 2. The molecule has 3 heterocycles. The van der Waals surface area contributed by atoms with Crippen LogP contribution in [0.15, 0.2) is 30.5 Å². The number of benzene rings is 1. The summed E-state index contributed by atoms with van der Waals surface area (Å²) in [6.45, 7) is 9.58. The van der Waals surface area contributed by atoms with Gasteiger partial charge in [0.05, 0.1) is 7.11 Å². The van der Waals surface area contributed by atoms with Crippen molar-refractivity contribution < 1.29 is 9.53 Å². The number of carbonyl (C=O) groups excluding carboxylic acids is 1. The third-order valence-corrected chi connectivity index (χ3v) is 6.59. The molecular formula is C24H34N4O2. The molecule has 0 radical (unpaired) electrons. The van der Waals surface area contributed by atoms with Crippen LogP contribution in [0.25, 0.3) is 5.69 Å². The monoisotopic (exact) mass is 410 g/mol. The van der Waals surface area contributed by atoms with Crippen LogP contribution in [0.1, 0.15) is 48.7 Å². The minimum Gasteiger partial charge on any atom is -0.494 e. The third kappa shape index (κ3) is 4.69. The van der Waals surface area contributed by atoms with E-state index in [-0.39, 0.29) is 5.91 Å². The molecule has 1 aromatic heterocycles. The van der Waals surface area contributed by atoms with Gasteiger partial charge in [-0.25, -0.2) is 4.68 Å². The molecule has 2 saturated heterocycles. The first kappa shape index (κ1) is 20.9. The summed E-state index contributed by atoms with van der Waals surface area (Å²) in [6, 6.07) is 7.79. The van der Waals surface area contributed by atoms with Gasteiger partial charge < -0.3 is 14.5 Å². The summed E-state index contributed by atoms with van der Waals surface area (Å²) >= 11 is 0. The highest BCUT2D eigenvalue weighted by Gasteiger charge is 2.28. The molecule has 0 N–H and O–H groups in total. The van der Waals surface area contributed by atoms with E-state index in [9.17, 15) is 4.79 Å². The molecule has 0 aliphatic carbocycles. The molecular weight excluding hydrogens is 376 g/mol. The molecule has 162 valence electrons. The van der Waals surface area contributed by atoms with Gasteiger partial charge in [0.2, 0.25) is 0 Å². The highest BCUT2D eigenvalue weighted by atomic mass is 16.5. The van der Waals surface area contributed by atoms with Crippen molar-refractivity contribution in [1.29, 1.82) is 0 Å². The second-order valence-corrected chi connectivity index (χ2v) is 9.06. The van der Waals surface area contributed by atoms with Gasteiger partial charge in [0.15, 0.2) is 5.69 Å². The van der Waals surface area contributed by atoms with E-state index < -0.39 is 0 Å². The minimum absolute atomic E-state index is 0.0392. The average Bonchev–Trinajstić information content (AvgIpc) is 3.25. The molecule has 2 aromatic rings. The van der Waals surface area contributed by atoms with E-state index in [2.05, 4.69) is 16.9 Å². The van der Waals surface area contributed by atoms with Crippen molar-refractivity contribution in [3.63, 3.8) is 0 Å². The number of amides is 1. The van der Waals surface area contributed by atoms with Gasteiger partial charge in [0.25, 0.3) is 5.91 Å². The number of piperidine rings is 2. The van der Waals surface area contributed by atoms with Crippen molar-refractivity contribution in [1.82, 2.24) is 19.6 Å². The zero-order valence-corrected chi connectivity index (χ0v) is 18.5. The van der Waals surface area contributed by atoms with E-state index in [1.807, 2.05) is 42.3 Å². The van der Waals surface area contributed by atoms with Gasteiger partial charge in [0, 0.05) is 25.8 Å². The standard InChI is InChI=1S/C24H34N4O2/c1-18-8-12-26(13-9-18)16-20-5-4-11-27(17-20)24(29)21-10-14-28(25-21)22-15-19(2)6-7-23(22)30-3/h6-7,10,14-15,18,20H,4-5,8-9,11-13,16-17H2,1-3H3. The van der Waals surface area contributed by atoms with Crippen LogP contribution < -0.4 is 4.74 Å². The summed E-state index contributed by atoms with van der Waals surface area (Å²) in [5, 5.41) is 4.59. The van der Waals surface area contributed by atoms with Crippen LogP contribution in [0.5, 0.6) is 5.75 Å². The Morgan fingerprint density at radius 3 is 2.73 bits per heavy atom. The van der Waals surface area contributed by atoms with Gasteiger partial charge in [0.1, 0.15) is 11.4 Å². The quantitative estimate of drug-likeness (QED) is 0.753. The fourth-order valence-electron chi connectivity index (χ4n) is 4.72. The number of ether oxygens (including phenoxy) is 1. The Morgan fingerprint density at radius 1 is 1.17 bits per heavy atom. The van der Waals surface area contributed by atoms with E-state index in [1.54, 1.807) is 11.8 Å². The second-order valence-electron chi connectivity index (χ2n) is 9.06. The summed E-state index contributed by atoms with van der Waals surface area (Å²) in [5.74, 6) is 2.21. The summed E-state index contributed by atoms with van der Waals surface area (Å²) < 4.78 is 7.22. The molecule has 6 heteroatoms. The lowest BCUT2D eigenvalue weighted by Gasteiger charge is -2.37. The van der Waals surface area contributed by atoms with Crippen molar-refractivity contribution in [3.8, 4) is 11.4 Å². The zero-order chi connectivity index (χ0) is 21.1. The first-order chi connectivity index (χ1) is 14.5. The molecule has 0 bridgehead atoms. The number of nitrogens with zero attached hydrogens (tertiary/aromatic N) is 4. The molecule has 1 aromatic carbocycles. The summed E-state index contributed by atoms with van der Waals surface area (Å²) in [7, 11) is 1.65. The zero-order valence-electron chi connectivity index (χ0n) is 18.5. The van der Waals surface area contributed by atoms with Crippen molar-refractivity contribution in [2.24, 2.45) is 11.8 Å². The molecule has 6 nitrogen and oxygen atoms in total. The van der Waals surface area contributed by atoms with Crippen molar-refractivity contribution in [3.05, 3.63) is 41.7 Å². The Labute approximate surface area is 179 Å². The number of aryl methyl sites for hydroxylation is 1. The maximum atomic E-state index is 13.2. The number of hydrogen-bond acceptors (Lipinski definition) is 4. The summed E-state index contributed by atoms with van der Waals surface area (Å²) in [5.41, 5.74) is 2.48. The Hall–Kier alpha value is -2.34. The minimum atomic E-state index is 0.0392. The molecule has 0 spiro atoms. The van der Waals surface area contributed by atoms with E-state index in [1.165, 1.54) is 32.4 Å². The van der Waals surface area contributed by atoms with Crippen LogP contribution in [-0.4, -0.2) is 65.3 Å². The largest absolute Gasteiger partial charge is 0.494 e. The molecule has 1 unspecified atom stereocenters. The summed E-state index contributed by atoms with van der Waals surface area (Å²) in [6.07, 6.45) is 6.74. The van der Waals surface area contributed by atoms with Crippen LogP contribution in [0, 0.1) is 18.8 Å². The van der Waals surface area contributed by atoms with Gasteiger partial charge in [-0.1, -0.05) is 13.0 Å². The van der Waals surface area contributed by atoms with Crippen LogP contribution >= 0.6 is 0 Å². The topological polar surface area (TPSA) is 50.6 Å². The summed E-state index contributed by atoms with van der Waals surface area (Å²) in [4.78, 5) is 17.7. The maximum absolute atomic E-state index is 13.2. The molecule has 30 heavy (non-hydrogen) atoms. The number of methoxy groups -OCH3 is 1. The average molecular weight is 411 g/mol. The van der Waals surface area contributed by atoms with Gasteiger partial charge >= 0.3 is 0 Å². The van der Waals surface area contributed by atoms with Gasteiger partial charge in [-0.05, 0) is 81.3 Å². The highest BCUT2D eigenvalue weighted by molar-refractivity contribution is 5.92. The SMILES string of the molecule is COc1ccc(C)cc1-n1ccc(C(=O)N2CCCC(CN3CCC(C)CC3)C2)n1. The van der Waals surface area contributed by atoms with E-state index in [0.29, 0.717) is 11.6 Å². The van der Waals surface area contributed by atoms with Crippen LogP contribution in [0.3, 0.4) is 0 Å². The lowest BCUT2D eigenvalue weighted by molar-refractivity contribution is 0.0616. The van der Waals surface area contributed by atoms with Crippen LogP contribution in [0.4, 0.5) is 0 Å². The van der Waals surface area contributed by atoms with Crippen molar-refractivity contribution in [2.75, 3.05) is 39.8 Å². The van der Waals surface area contributed by atoms with E-state index in [4.69, 9.17) is 4.74 Å². The predicted molar refractivity (Wildman–Crippen MR) is 118 cm³/mol. The van der Waals surface area contributed by atoms with Crippen LogP contribution in [0.2, 0.25) is 0 Å². The van der Waals surface area contributed by atoms with E-state index in [0.717, 1.165) is 49.0 Å². The maximum Gasteiger partial charge on any atom is 0.274 e. The fraction of sp³-hybridized carbons (Fsp3) is 0.583. The molecule has 1 atom stereocenters. The smallest absolute Gasteiger partial charge is 0.274 e. The van der Waals surface area contributed by atoms with Crippen molar-refractivity contribution in [2.45, 2.75) is 39.5 Å². The highest BCUT2D eigenvalue weighted by Crippen LogP contribution is 2.25. The third-order valence-electron chi connectivity index (χ3n) is 6.59.